The van der Waals surface area contributed by atoms with Crippen molar-refractivity contribution in [1.29, 1.82) is 0 Å². The fourth-order valence-corrected chi connectivity index (χ4v) is 5.00. The number of hydrogen-bond donors (Lipinski definition) is 1. The highest BCUT2D eigenvalue weighted by atomic mass is 19.4. The number of oxazole rings is 1. The van der Waals surface area contributed by atoms with E-state index in [1.807, 2.05) is 7.05 Å². The lowest BCUT2D eigenvalue weighted by Crippen LogP contribution is -2.30. The van der Waals surface area contributed by atoms with Crippen molar-refractivity contribution in [2.45, 2.75) is 25.1 Å². The summed E-state index contributed by atoms with van der Waals surface area (Å²) in [6.07, 6.45) is -1.22. The number of halogens is 3. The van der Waals surface area contributed by atoms with Crippen molar-refractivity contribution >= 4 is 33.7 Å². The molecule has 10 nitrogen and oxygen atoms in total. The Balaban J connectivity index is 1.24. The molecule has 224 valence electrons. The van der Waals surface area contributed by atoms with Crippen LogP contribution < -0.4 is 24.3 Å². The number of hydrogen-bond acceptors (Lipinski definition) is 10. The third-order valence-electron chi connectivity index (χ3n) is 7.28. The zero-order chi connectivity index (χ0) is 30.1. The number of aromatic nitrogens is 3. The minimum absolute atomic E-state index is 0.0114. The van der Waals surface area contributed by atoms with E-state index in [4.69, 9.17) is 23.4 Å². The first-order valence-electron chi connectivity index (χ1n) is 13.5. The lowest BCUT2D eigenvalue weighted by atomic mass is 10.1. The SMILES string of the molecule is COc1cc2ncnc(Oc3ccc4oc(Nc5cc(OCC6CCCN6C)cc(C(F)(F)F)c5)nc4c3)c2cc1OC. The summed E-state index contributed by atoms with van der Waals surface area (Å²) in [6.45, 7) is 1.23. The number of alkyl halides is 3. The molecule has 1 unspecified atom stereocenters. The van der Waals surface area contributed by atoms with Crippen molar-refractivity contribution in [3.05, 3.63) is 60.4 Å². The lowest BCUT2D eigenvalue weighted by Gasteiger charge is -2.20. The van der Waals surface area contributed by atoms with Crippen molar-refractivity contribution in [1.82, 2.24) is 19.9 Å². The minimum Gasteiger partial charge on any atom is -0.493 e. The van der Waals surface area contributed by atoms with Crippen molar-refractivity contribution in [2.75, 3.05) is 39.7 Å². The van der Waals surface area contributed by atoms with Crippen LogP contribution in [0.2, 0.25) is 0 Å². The molecule has 1 atom stereocenters. The zero-order valence-corrected chi connectivity index (χ0v) is 23.6. The summed E-state index contributed by atoms with van der Waals surface area (Å²) >= 11 is 0. The number of methoxy groups -OCH3 is 2. The summed E-state index contributed by atoms with van der Waals surface area (Å²) in [5.41, 5.74) is 0.707. The number of ether oxygens (including phenoxy) is 4. The molecular weight excluding hydrogens is 567 g/mol. The van der Waals surface area contributed by atoms with Gasteiger partial charge in [-0.1, -0.05) is 0 Å². The standard InChI is InChI=1S/C30H28F3N5O5/c1-38-8-4-5-19(38)15-41-21-10-17(30(31,32)33)9-18(11-21)36-29-37-24-12-20(6-7-25(24)43-29)42-28-22-13-26(39-2)27(40-3)14-23(22)34-16-35-28/h6-7,9-14,16,19H,4-5,8,15H2,1-3H3,(H,36,37). The molecule has 3 heterocycles. The van der Waals surface area contributed by atoms with Crippen molar-refractivity contribution in [2.24, 2.45) is 0 Å². The molecular formula is C30H28F3N5O5. The second kappa shape index (κ2) is 11.5. The average Bonchev–Trinajstić information content (AvgIpc) is 3.59. The van der Waals surface area contributed by atoms with E-state index in [0.717, 1.165) is 31.5 Å². The molecule has 0 aliphatic carbocycles. The normalized spacial score (nSPS) is 15.6. The summed E-state index contributed by atoms with van der Waals surface area (Å²) in [6, 6.07) is 12.0. The molecule has 1 aliphatic rings. The molecule has 1 fully saturated rings. The average molecular weight is 596 g/mol. The van der Waals surface area contributed by atoms with Gasteiger partial charge in [-0.2, -0.15) is 18.2 Å². The molecule has 0 radical (unpaired) electrons. The van der Waals surface area contributed by atoms with Crippen LogP contribution in [0, 0.1) is 0 Å². The van der Waals surface area contributed by atoms with E-state index >= 15 is 0 Å². The van der Waals surface area contributed by atoms with Gasteiger partial charge in [0.25, 0.3) is 6.01 Å². The first-order valence-corrected chi connectivity index (χ1v) is 13.5. The highest BCUT2D eigenvalue weighted by Crippen LogP contribution is 2.38. The molecule has 0 saturated carbocycles. The van der Waals surface area contributed by atoms with E-state index in [1.165, 1.54) is 26.6 Å². The van der Waals surface area contributed by atoms with Gasteiger partial charge >= 0.3 is 6.18 Å². The second-order valence-corrected chi connectivity index (χ2v) is 10.1. The number of likely N-dealkylation sites (N-methyl/N-ethyl adjacent to an activating group) is 1. The molecule has 3 aromatic carbocycles. The summed E-state index contributed by atoms with van der Waals surface area (Å²) in [5.74, 6) is 1.81. The van der Waals surface area contributed by atoms with Crippen molar-refractivity contribution in [3.8, 4) is 28.9 Å². The summed E-state index contributed by atoms with van der Waals surface area (Å²) in [4.78, 5) is 15.1. The Bertz CT molecular complexity index is 1780. The summed E-state index contributed by atoms with van der Waals surface area (Å²) in [7, 11) is 5.04. The van der Waals surface area contributed by atoms with Crippen LogP contribution in [0.4, 0.5) is 24.9 Å². The van der Waals surface area contributed by atoms with Gasteiger partial charge in [0.1, 0.15) is 29.9 Å². The molecule has 0 bridgehead atoms. The van der Waals surface area contributed by atoms with E-state index in [0.29, 0.717) is 45.9 Å². The highest BCUT2D eigenvalue weighted by Gasteiger charge is 2.32. The summed E-state index contributed by atoms with van der Waals surface area (Å²) < 4.78 is 69.4. The van der Waals surface area contributed by atoms with Gasteiger partial charge in [-0.25, -0.2) is 9.97 Å². The monoisotopic (exact) mass is 595 g/mol. The number of likely N-dealkylation sites (tertiary alicyclic amines) is 1. The molecule has 13 heteroatoms. The molecule has 6 rings (SSSR count). The van der Waals surface area contributed by atoms with E-state index in [1.54, 1.807) is 30.3 Å². The van der Waals surface area contributed by atoms with Crippen LogP contribution in [0.3, 0.4) is 0 Å². The Hall–Kier alpha value is -4.78. The minimum atomic E-state index is -4.56. The van der Waals surface area contributed by atoms with Crippen LogP contribution in [0.15, 0.2) is 59.3 Å². The number of nitrogens with zero attached hydrogens (tertiary/aromatic N) is 4. The van der Waals surface area contributed by atoms with Crippen LogP contribution in [0.25, 0.3) is 22.0 Å². The molecule has 1 N–H and O–H groups in total. The Kier molecular flexibility index (Phi) is 7.57. The van der Waals surface area contributed by atoms with Gasteiger partial charge < -0.3 is 33.6 Å². The Morgan fingerprint density at radius 1 is 0.977 bits per heavy atom. The molecule has 5 aromatic rings. The van der Waals surface area contributed by atoms with Crippen LogP contribution in [0.5, 0.6) is 28.9 Å². The van der Waals surface area contributed by atoms with E-state index < -0.39 is 11.7 Å². The van der Waals surface area contributed by atoms with Gasteiger partial charge in [-0.3, -0.25) is 0 Å². The number of anilines is 2. The first kappa shape index (κ1) is 28.3. The van der Waals surface area contributed by atoms with E-state index in [-0.39, 0.29) is 29.4 Å². The second-order valence-electron chi connectivity index (χ2n) is 10.1. The molecule has 1 aliphatic heterocycles. The molecule has 1 saturated heterocycles. The maximum atomic E-state index is 13.7. The van der Waals surface area contributed by atoms with Crippen LogP contribution in [-0.2, 0) is 6.18 Å². The fraction of sp³-hybridized carbons (Fsp3) is 0.300. The number of benzene rings is 3. The largest absolute Gasteiger partial charge is 0.493 e. The fourth-order valence-electron chi connectivity index (χ4n) is 5.00. The molecule has 2 aromatic heterocycles. The predicted octanol–water partition coefficient (Wildman–Crippen LogP) is 6.82. The van der Waals surface area contributed by atoms with Crippen LogP contribution in [-0.4, -0.2) is 60.3 Å². The maximum absolute atomic E-state index is 13.7. The van der Waals surface area contributed by atoms with Gasteiger partial charge in [0, 0.05) is 29.9 Å². The van der Waals surface area contributed by atoms with Gasteiger partial charge in [-0.15, -0.1) is 0 Å². The van der Waals surface area contributed by atoms with Gasteiger partial charge in [0.15, 0.2) is 17.1 Å². The number of fused-ring (bicyclic) bond motifs is 2. The van der Waals surface area contributed by atoms with Gasteiger partial charge in [-0.05, 0) is 56.8 Å². The Morgan fingerprint density at radius 2 is 1.79 bits per heavy atom. The topological polar surface area (TPSA) is 104 Å². The Labute approximate surface area is 244 Å². The van der Waals surface area contributed by atoms with Gasteiger partial charge in [0.05, 0.1) is 30.7 Å². The highest BCUT2D eigenvalue weighted by molar-refractivity contribution is 5.87. The van der Waals surface area contributed by atoms with E-state index in [2.05, 4.69) is 25.2 Å². The Morgan fingerprint density at radius 3 is 2.53 bits per heavy atom. The molecule has 43 heavy (non-hydrogen) atoms. The third kappa shape index (κ3) is 6.07. The van der Waals surface area contributed by atoms with E-state index in [9.17, 15) is 13.2 Å². The van der Waals surface area contributed by atoms with Crippen molar-refractivity contribution in [3.63, 3.8) is 0 Å². The van der Waals surface area contributed by atoms with Crippen LogP contribution in [0.1, 0.15) is 18.4 Å². The molecule has 0 amide bonds. The predicted molar refractivity (Wildman–Crippen MR) is 153 cm³/mol. The smallest absolute Gasteiger partial charge is 0.416 e. The third-order valence-corrected chi connectivity index (χ3v) is 7.28. The molecule has 0 spiro atoms. The zero-order valence-electron chi connectivity index (χ0n) is 23.6. The maximum Gasteiger partial charge on any atom is 0.416 e. The number of nitrogens with one attached hydrogen (secondary N) is 1. The summed E-state index contributed by atoms with van der Waals surface area (Å²) in [5, 5.41) is 3.45. The van der Waals surface area contributed by atoms with Crippen molar-refractivity contribution < 1.29 is 36.5 Å². The quantitative estimate of drug-likeness (QED) is 0.195. The lowest BCUT2D eigenvalue weighted by molar-refractivity contribution is -0.137. The van der Waals surface area contributed by atoms with Gasteiger partial charge in [0.2, 0.25) is 5.88 Å². The first-order chi connectivity index (χ1) is 20.7. The van der Waals surface area contributed by atoms with Crippen LogP contribution >= 0.6 is 0 Å². The number of rotatable bonds is 9.